The molecule has 0 bridgehead atoms. The maximum atomic E-state index is 13.1. The first-order valence-electron chi connectivity index (χ1n) is 10.5. The summed E-state index contributed by atoms with van der Waals surface area (Å²) in [6.07, 6.45) is -2.55. The molecule has 1 unspecified atom stereocenters. The molecule has 0 spiro atoms. The molecule has 0 radical (unpaired) electrons. The lowest BCUT2D eigenvalue weighted by Gasteiger charge is -2.32. The van der Waals surface area contributed by atoms with Crippen LogP contribution >= 0.6 is 0 Å². The van der Waals surface area contributed by atoms with Gasteiger partial charge >= 0.3 is 6.18 Å². The normalized spacial score (nSPS) is 20.0. The Kier molecular flexibility index (Phi) is 7.85. The molecule has 1 aromatic carbocycles. The van der Waals surface area contributed by atoms with Gasteiger partial charge < -0.3 is 14.7 Å². The number of rotatable bonds is 10. The van der Waals surface area contributed by atoms with Crippen molar-refractivity contribution in [3.63, 3.8) is 0 Å². The second-order valence-electron chi connectivity index (χ2n) is 8.23. The first-order valence-corrected chi connectivity index (χ1v) is 12.0. The molecule has 0 amide bonds. The third kappa shape index (κ3) is 7.04. The van der Waals surface area contributed by atoms with Gasteiger partial charge in [0.2, 0.25) is 10.0 Å². The van der Waals surface area contributed by atoms with E-state index in [-0.39, 0.29) is 22.5 Å². The zero-order chi connectivity index (χ0) is 22.6. The summed E-state index contributed by atoms with van der Waals surface area (Å²) in [6.45, 7) is 3.15. The molecule has 2 aliphatic rings. The Balaban J connectivity index is 1.42. The molecular formula is C20H30F3N3O4S. The average Bonchev–Trinajstić information content (AvgIpc) is 3.58. The number of hydrogen-bond acceptors (Lipinski definition) is 6. The van der Waals surface area contributed by atoms with Gasteiger partial charge in [0.1, 0.15) is 12.0 Å². The number of halogens is 3. The van der Waals surface area contributed by atoms with E-state index >= 15 is 0 Å². The molecule has 1 aliphatic carbocycles. The molecule has 3 rings (SSSR count). The van der Waals surface area contributed by atoms with Gasteiger partial charge in [0.25, 0.3) is 0 Å². The Hall–Kier alpha value is -1.40. The molecule has 3 N–H and O–H groups in total. The van der Waals surface area contributed by atoms with Crippen LogP contribution in [0.4, 0.5) is 13.2 Å². The smallest absolute Gasteiger partial charge is 0.416 e. The van der Waals surface area contributed by atoms with E-state index in [9.17, 15) is 26.7 Å². The minimum Gasteiger partial charge on any atom is -0.497 e. The number of benzene rings is 1. The van der Waals surface area contributed by atoms with Crippen LogP contribution in [0.1, 0.15) is 43.0 Å². The van der Waals surface area contributed by atoms with Crippen molar-refractivity contribution >= 4 is 10.0 Å². The number of aliphatic hydroxyl groups is 1. The largest absolute Gasteiger partial charge is 0.497 e. The lowest BCUT2D eigenvalue weighted by atomic mass is 9.96. The second-order valence-corrected chi connectivity index (χ2v) is 10.3. The fourth-order valence-corrected chi connectivity index (χ4v) is 5.08. The fourth-order valence-electron chi connectivity index (χ4n) is 3.71. The van der Waals surface area contributed by atoms with Crippen molar-refractivity contribution in [1.82, 2.24) is 14.9 Å². The van der Waals surface area contributed by atoms with Crippen molar-refractivity contribution in [3.8, 4) is 5.75 Å². The minimum absolute atomic E-state index is 0.0382. The Morgan fingerprint density at radius 3 is 2.45 bits per heavy atom. The summed E-state index contributed by atoms with van der Waals surface area (Å²) in [6, 6.07) is 3.21. The topological polar surface area (TPSA) is 90.9 Å². The van der Waals surface area contributed by atoms with Gasteiger partial charge in [0.15, 0.2) is 0 Å². The summed E-state index contributed by atoms with van der Waals surface area (Å²) in [7, 11) is -1.87. The zero-order valence-electron chi connectivity index (χ0n) is 17.5. The van der Waals surface area contributed by atoms with Gasteiger partial charge in [-0.1, -0.05) is 0 Å². The fraction of sp³-hybridized carbons (Fsp3) is 0.700. The second kappa shape index (κ2) is 10.0. The van der Waals surface area contributed by atoms with E-state index in [1.165, 1.54) is 13.2 Å². The van der Waals surface area contributed by atoms with Crippen LogP contribution in [0.25, 0.3) is 0 Å². The highest BCUT2D eigenvalue weighted by molar-refractivity contribution is 7.90. The third-order valence-electron chi connectivity index (χ3n) is 5.81. The van der Waals surface area contributed by atoms with Crippen LogP contribution in [-0.2, 0) is 16.2 Å². The Morgan fingerprint density at radius 2 is 1.87 bits per heavy atom. The van der Waals surface area contributed by atoms with E-state index in [0.29, 0.717) is 19.6 Å². The monoisotopic (exact) mass is 465 g/mol. The van der Waals surface area contributed by atoms with Crippen LogP contribution in [0.15, 0.2) is 18.2 Å². The van der Waals surface area contributed by atoms with E-state index in [1.807, 2.05) is 0 Å². The molecule has 1 aliphatic heterocycles. The Bertz CT molecular complexity index is 839. The maximum Gasteiger partial charge on any atom is 0.416 e. The highest BCUT2D eigenvalue weighted by Gasteiger charge is 2.35. The highest BCUT2D eigenvalue weighted by Crippen LogP contribution is 2.34. The van der Waals surface area contributed by atoms with E-state index < -0.39 is 28.0 Å². The highest BCUT2D eigenvalue weighted by atomic mass is 32.2. The molecule has 1 saturated carbocycles. The molecule has 1 atom stereocenters. The van der Waals surface area contributed by atoms with Gasteiger partial charge in [-0.05, 0) is 68.5 Å². The van der Waals surface area contributed by atoms with Crippen LogP contribution in [0.5, 0.6) is 5.75 Å². The van der Waals surface area contributed by atoms with Crippen molar-refractivity contribution in [2.45, 2.75) is 43.3 Å². The van der Waals surface area contributed by atoms with Crippen molar-refractivity contribution in [3.05, 3.63) is 29.3 Å². The van der Waals surface area contributed by atoms with Crippen molar-refractivity contribution in [1.29, 1.82) is 0 Å². The molecule has 1 aromatic rings. The van der Waals surface area contributed by atoms with Gasteiger partial charge in [-0.3, -0.25) is 5.32 Å². The van der Waals surface area contributed by atoms with Crippen molar-refractivity contribution < 1.29 is 31.4 Å². The Labute approximate surface area is 181 Å². The summed E-state index contributed by atoms with van der Waals surface area (Å²) in [5, 5.41) is 13.0. The van der Waals surface area contributed by atoms with Gasteiger partial charge in [0, 0.05) is 19.6 Å². The lowest BCUT2D eigenvalue weighted by Crippen LogP contribution is -2.42. The Morgan fingerprint density at radius 1 is 1.19 bits per heavy atom. The number of nitrogens with zero attached hydrogens (tertiary/aromatic N) is 1. The van der Waals surface area contributed by atoms with Crippen molar-refractivity contribution in [2.75, 3.05) is 39.8 Å². The summed E-state index contributed by atoms with van der Waals surface area (Å²) < 4.78 is 70.4. The van der Waals surface area contributed by atoms with Gasteiger partial charge in [-0.15, -0.1) is 0 Å². The van der Waals surface area contributed by atoms with Gasteiger partial charge in [0.05, 0.1) is 17.9 Å². The number of alkyl halides is 3. The van der Waals surface area contributed by atoms with Gasteiger partial charge in [-0.25, -0.2) is 13.1 Å². The summed E-state index contributed by atoms with van der Waals surface area (Å²) >= 11 is 0. The summed E-state index contributed by atoms with van der Waals surface area (Å²) in [5.41, 5.74) is -0.764. The SMILES string of the molecule is COc1cc(C(O)NCC2CCN(CCNS(=O)(=O)C3CC3)CC2)cc(C(F)(F)F)c1. The first kappa shape index (κ1) is 24.2. The van der Waals surface area contributed by atoms with Crippen LogP contribution in [0, 0.1) is 5.92 Å². The molecule has 11 heteroatoms. The van der Waals surface area contributed by atoms with Crippen LogP contribution in [0.3, 0.4) is 0 Å². The van der Waals surface area contributed by atoms with E-state index in [4.69, 9.17) is 4.74 Å². The molecule has 31 heavy (non-hydrogen) atoms. The molecule has 1 heterocycles. The van der Waals surface area contributed by atoms with Crippen LogP contribution in [-0.4, -0.2) is 63.5 Å². The quantitative estimate of drug-likeness (QED) is 0.459. The predicted molar refractivity (Wildman–Crippen MR) is 110 cm³/mol. The number of methoxy groups -OCH3 is 1. The summed E-state index contributed by atoms with van der Waals surface area (Å²) in [4.78, 5) is 2.19. The molecule has 176 valence electrons. The first-order chi connectivity index (χ1) is 14.6. The lowest BCUT2D eigenvalue weighted by molar-refractivity contribution is -0.137. The molecular weight excluding hydrogens is 435 g/mol. The molecule has 7 nitrogen and oxygen atoms in total. The number of ether oxygens (including phenoxy) is 1. The molecule has 0 aromatic heterocycles. The van der Waals surface area contributed by atoms with E-state index in [0.717, 1.165) is 50.9 Å². The van der Waals surface area contributed by atoms with Crippen LogP contribution < -0.4 is 14.8 Å². The number of hydrogen-bond donors (Lipinski definition) is 3. The maximum absolute atomic E-state index is 13.1. The molecule has 2 fully saturated rings. The average molecular weight is 466 g/mol. The number of likely N-dealkylation sites (tertiary alicyclic amines) is 1. The number of aliphatic hydroxyl groups excluding tert-OH is 1. The standard InChI is InChI=1S/C20H30F3N3O4S/c1-30-17-11-15(10-16(12-17)20(21,22)23)19(27)24-13-14-4-7-26(8-5-14)9-6-25-31(28,29)18-2-3-18/h10-12,14,18-19,24-25,27H,2-9,13H2,1H3. The number of sulfonamides is 1. The predicted octanol–water partition coefficient (Wildman–Crippen LogP) is 2.09. The minimum atomic E-state index is -4.53. The van der Waals surface area contributed by atoms with Crippen molar-refractivity contribution in [2.24, 2.45) is 5.92 Å². The van der Waals surface area contributed by atoms with E-state index in [2.05, 4.69) is 14.9 Å². The van der Waals surface area contributed by atoms with Gasteiger partial charge in [-0.2, -0.15) is 13.2 Å². The third-order valence-corrected chi connectivity index (χ3v) is 7.76. The summed E-state index contributed by atoms with van der Waals surface area (Å²) in [5.74, 6) is 0.318. The van der Waals surface area contributed by atoms with E-state index in [1.54, 1.807) is 0 Å². The number of nitrogens with one attached hydrogen (secondary N) is 2. The van der Waals surface area contributed by atoms with Crippen LogP contribution in [0.2, 0.25) is 0 Å². The molecule has 1 saturated heterocycles. The number of piperidine rings is 1. The zero-order valence-corrected chi connectivity index (χ0v) is 18.3.